The molecular weight excluding hydrogens is 507 g/mol. The first-order valence-corrected chi connectivity index (χ1v) is 12.8. The highest BCUT2D eigenvalue weighted by molar-refractivity contribution is 7.09. The van der Waals surface area contributed by atoms with Crippen molar-refractivity contribution < 1.29 is 18.7 Å². The fourth-order valence-corrected chi connectivity index (χ4v) is 4.57. The lowest BCUT2D eigenvalue weighted by Crippen LogP contribution is -2.49. The number of benzene rings is 2. The van der Waals surface area contributed by atoms with E-state index in [1.807, 2.05) is 38.3 Å². The van der Waals surface area contributed by atoms with Crippen molar-refractivity contribution in [1.82, 2.24) is 30.4 Å². The third-order valence-corrected chi connectivity index (χ3v) is 6.42. The molecule has 4 aromatic rings. The standard InChI is InChI=1S/C27H29FN6O3S/c1-27(2,3)29-26(36)24(18-11-13-19(37-4)14-12-18)33(16-20-8-7-15-38-20)23(35)17-34-31-25(30-32-34)21-9-5-6-10-22(21)28/h5-15,24H,16-17H2,1-4H3,(H,29,36)/t24-/m1/s1. The molecule has 0 fully saturated rings. The van der Waals surface area contributed by atoms with Crippen LogP contribution in [0.2, 0.25) is 0 Å². The molecule has 0 spiro atoms. The molecule has 2 heterocycles. The first kappa shape index (κ1) is 26.9. The van der Waals surface area contributed by atoms with E-state index in [4.69, 9.17) is 4.74 Å². The number of tetrazole rings is 1. The van der Waals surface area contributed by atoms with Gasteiger partial charge in [-0.05, 0) is 67.3 Å². The highest BCUT2D eigenvalue weighted by Crippen LogP contribution is 2.28. The Balaban J connectivity index is 1.69. The number of ether oxygens (including phenoxy) is 1. The summed E-state index contributed by atoms with van der Waals surface area (Å²) < 4.78 is 19.5. The quantitative estimate of drug-likeness (QED) is 0.343. The lowest BCUT2D eigenvalue weighted by molar-refractivity contribution is -0.143. The number of aromatic nitrogens is 4. The normalized spacial score (nSPS) is 12.1. The van der Waals surface area contributed by atoms with Crippen LogP contribution in [-0.4, -0.2) is 49.6 Å². The van der Waals surface area contributed by atoms with E-state index in [9.17, 15) is 14.0 Å². The molecule has 11 heteroatoms. The van der Waals surface area contributed by atoms with E-state index in [1.165, 1.54) is 28.4 Å². The number of thiophene rings is 1. The number of rotatable bonds is 9. The maximum Gasteiger partial charge on any atom is 0.247 e. The number of carbonyl (C=O) groups is 2. The van der Waals surface area contributed by atoms with Crippen LogP contribution < -0.4 is 10.1 Å². The Kier molecular flexibility index (Phi) is 8.16. The monoisotopic (exact) mass is 536 g/mol. The molecule has 4 rings (SSSR count). The van der Waals surface area contributed by atoms with E-state index in [-0.39, 0.29) is 30.4 Å². The van der Waals surface area contributed by atoms with Crippen molar-refractivity contribution in [2.75, 3.05) is 7.11 Å². The van der Waals surface area contributed by atoms with E-state index in [2.05, 4.69) is 20.7 Å². The highest BCUT2D eigenvalue weighted by atomic mass is 32.1. The zero-order valence-electron chi connectivity index (χ0n) is 21.6. The Bertz CT molecular complexity index is 1380. The lowest BCUT2D eigenvalue weighted by Gasteiger charge is -2.33. The minimum atomic E-state index is -0.940. The summed E-state index contributed by atoms with van der Waals surface area (Å²) >= 11 is 1.48. The number of hydrogen-bond acceptors (Lipinski definition) is 7. The van der Waals surface area contributed by atoms with Gasteiger partial charge in [-0.1, -0.05) is 30.3 Å². The van der Waals surface area contributed by atoms with Gasteiger partial charge in [-0.3, -0.25) is 9.59 Å². The summed E-state index contributed by atoms with van der Waals surface area (Å²) in [5.41, 5.74) is 0.278. The molecule has 0 saturated heterocycles. The van der Waals surface area contributed by atoms with E-state index in [1.54, 1.807) is 43.5 Å². The van der Waals surface area contributed by atoms with Gasteiger partial charge < -0.3 is 15.0 Å². The molecule has 0 aliphatic rings. The molecule has 2 aromatic heterocycles. The van der Waals surface area contributed by atoms with Gasteiger partial charge in [0.15, 0.2) is 0 Å². The van der Waals surface area contributed by atoms with Crippen LogP contribution in [0.4, 0.5) is 4.39 Å². The molecule has 0 bridgehead atoms. The first-order chi connectivity index (χ1) is 18.1. The van der Waals surface area contributed by atoms with Crippen LogP contribution in [0.3, 0.4) is 0 Å². The van der Waals surface area contributed by atoms with E-state index in [0.29, 0.717) is 11.3 Å². The molecule has 2 amide bonds. The van der Waals surface area contributed by atoms with Crippen molar-refractivity contribution >= 4 is 23.2 Å². The van der Waals surface area contributed by atoms with Gasteiger partial charge >= 0.3 is 0 Å². The maximum atomic E-state index is 14.2. The zero-order valence-corrected chi connectivity index (χ0v) is 22.4. The predicted octanol–water partition coefficient (Wildman–Crippen LogP) is 4.23. The van der Waals surface area contributed by atoms with Gasteiger partial charge in [0.05, 0.1) is 19.2 Å². The van der Waals surface area contributed by atoms with Crippen LogP contribution in [-0.2, 0) is 22.7 Å². The topological polar surface area (TPSA) is 102 Å². The van der Waals surface area contributed by atoms with Gasteiger partial charge in [-0.15, -0.1) is 21.5 Å². The smallest absolute Gasteiger partial charge is 0.247 e. The van der Waals surface area contributed by atoms with Gasteiger partial charge in [0.2, 0.25) is 17.6 Å². The molecular formula is C27H29FN6O3S. The number of amides is 2. The average Bonchev–Trinajstić information content (AvgIpc) is 3.55. The van der Waals surface area contributed by atoms with Gasteiger partial charge in [0, 0.05) is 10.4 Å². The molecule has 2 aromatic carbocycles. The minimum absolute atomic E-state index is 0.0675. The maximum absolute atomic E-state index is 14.2. The van der Waals surface area contributed by atoms with Crippen molar-refractivity contribution in [2.45, 2.75) is 45.4 Å². The molecule has 1 atom stereocenters. The second-order valence-electron chi connectivity index (χ2n) is 9.64. The van der Waals surface area contributed by atoms with E-state index >= 15 is 0 Å². The molecule has 38 heavy (non-hydrogen) atoms. The zero-order chi connectivity index (χ0) is 27.3. The second kappa shape index (κ2) is 11.5. The highest BCUT2D eigenvalue weighted by Gasteiger charge is 2.34. The number of carbonyl (C=O) groups excluding carboxylic acids is 2. The Morgan fingerprint density at radius 3 is 2.47 bits per heavy atom. The van der Waals surface area contributed by atoms with Crippen molar-refractivity contribution in [1.29, 1.82) is 0 Å². The van der Waals surface area contributed by atoms with Gasteiger partial charge in [0.1, 0.15) is 24.2 Å². The molecule has 0 aliphatic heterocycles. The fourth-order valence-electron chi connectivity index (χ4n) is 3.86. The van der Waals surface area contributed by atoms with Gasteiger partial charge in [0.25, 0.3) is 0 Å². The summed E-state index contributed by atoms with van der Waals surface area (Å²) in [6.07, 6.45) is 0. The first-order valence-electron chi connectivity index (χ1n) is 11.9. The molecule has 9 nitrogen and oxygen atoms in total. The molecule has 0 unspecified atom stereocenters. The van der Waals surface area contributed by atoms with E-state index in [0.717, 1.165) is 9.67 Å². The van der Waals surface area contributed by atoms with Crippen molar-refractivity contribution in [3.63, 3.8) is 0 Å². The molecule has 0 aliphatic carbocycles. The third-order valence-electron chi connectivity index (χ3n) is 5.56. The predicted molar refractivity (Wildman–Crippen MR) is 142 cm³/mol. The Labute approximate surface area is 224 Å². The number of nitrogens with zero attached hydrogens (tertiary/aromatic N) is 5. The van der Waals surface area contributed by atoms with Crippen molar-refractivity contribution in [3.05, 3.63) is 82.3 Å². The summed E-state index contributed by atoms with van der Waals surface area (Å²) in [6.45, 7) is 5.54. The summed E-state index contributed by atoms with van der Waals surface area (Å²) in [4.78, 5) is 30.9. The van der Waals surface area contributed by atoms with Crippen molar-refractivity contribution in [3.8, 4) is 17.1 Å². The largest absolute Gasteiger partial charge is 0.497 e. The summed E-state index contributed by atoms with van der Waals surface area (Å²) in [6, 6.07) is 16.0. The molecule has 1 N–H and O–H groups in total. The number of methoxy groups -OCH3 is 1. The van der Waals surface area contributed by atoms with Crippen LogP contribution >= 0.6 is 11.3 Å². The van der Waals surface area contributed by atoms with Crippen LogP contribution in [0.5, 0.6) is 5.75 Å². The lowest BCUT2D eigenvalue weighted by atomic mass is 10.0. The van der Waals surface area contributed by atoms with Gasteiger partial charge in [-0.2, -0.15) is 4.80 Å². The van der Waals surface area contributed by atoms with E-state index < -0.39 is 23.3 Å². The number of nitrogens with one attached hydrogen (secondary N) is 1. The SMILES string of the molecule is COc1ccc([C@H](C(=O)NC(C)(C)C)N(Cc2cccs2)C(=O)Cn2nnc(-c3ccccc3F)n2)cc1. The summed E-state index contributed by atoms with van der Waals surface area (Å²) in [5, 5.41) is 17.0. The molecule has 0 radical (unpaired) electrons. The van der Waals surface area contributed by atoms with Gasteiger partial charge in [-0.25, -0.2) is 4.39 Å². The number of halogens is 1. The van der Waals surface area contributed by atoms with Crippen LogP contribution in [0.1, 0.15) is 37.3 Å². The number of hydrogen-bond donors (Lipinski definition) is 1. The molecule has 0 saturated carbocycles. The van der Waals surface area contributed by atoms with Crippen LogP contribution in [0.15, 0.2) is 66.0 Å². The summed E-state index contributed by atoms with van der Waals surface area (Å²) in [5.74, 6) is -0.520. The minimum Gasteiger partial charge on any atom is -0.497 e. The second-order valence-corrected chi connectivity index (χ2v) is 10.7. The molecule has 198 valence electrons. The Hall–Kier alpha value is -4.12. The average molecular weight is 537 g/mol. The van der Waals surface area contributed by atoms with Crippen molar-refractivity contribution in [2.24, 2.45) is 0 Å². The Morgan fingerprint density at radius 2 is 1.84 bits per heavy atom. The van der Waals surface area contributed by atoms with Crippen LogP contribution in [0.25, 0.3) is 11.4 Å². The van der Waals surface area contributed by atoms with Crippen LogP contribution in [0, 0.1) is 5.82 Å². The fraction of sp³-hybridized carbons (Fsp3) is 0.296. The Morgan fingerprint density at radius 1 is 1.11 bits per heavy atom. The third kappa shape index (κ3) is 6.60. The summed E-state index contributed by atoms with van der Waals surface area (Å²) in [7, 11) is 1.56.